The number of aliphatic hydroxyl groups is 1. The van der Waals surface area contributed by atoms with Crippen LogP contribution in [0.5, 0.6) is 0 Å². The summed E-state index contributed by atoms with van der Waals surface area (Å²) in [6, 6.07) is 7.04. The fraction of sp³-hybridized carbons (Fsp3) is 0.500. The van der Waals surface area contributed by atoms with Crippen LogP contribution in [0.3, 0.4) is 0 Å². The van der Waals surface area contributed by atoms with E-state index in [-0.39, 0.29) is 6.61 Å². The predicted molar refractivity (Wildman–Crippen MR) is 91.9 cm³/mol. The van der Waals surface area contributed by atoms with Crippen molar-refractivity contribution in [3.8, 4) is 0 Å². The maximum absolute atomic E-state index is 12.3. The molecule has 1 aliphatic rings. The number of aliphatic hydroxyl groups excluding tert-OH is 1. The van der Waals surface area contributed by atoms with Crippen LogP contribution in [-0.2, 0) is 25.7 Å². The van der Waals surface area contributed by atoms with Crippen molar-refractivity contribution in [1.29, 1.82) is 0 Å². The zero-order valence-electron chi connectivity index (χ0n) is 14.6. The van der Waals surface area contributed by atoms with Crippen molar-refractivity contribution >= 4 is 18.0 Å². The number of carbonyl (C=O) groups excluding carboxylic acids is 3. The molecule has 1 saturated carbocycles. The lowest BCUT2D eigenvalue weighted by molar-refractivity contribution is -0.145. The van der Waals surface area contributed by atoms with Gasteiger partial charge in [0.2, 0.25) is 5.91 Å². The minimum atomic E-state index is -1.22. The Hall–Kier alpha value is -2.61. The zero-order chi connectivity index (χ0) is 18.9. The first-order valence-corrected chi connectivity index (χ1v) is 8.49. The van der Waals surface area contributed by atoms with E-state index in [2.05, 4.69) is 10.6 Å². The van der Waals surface area contributed by atoms with Crippen molar-refractivity contribution < 1.29 is 29.0 Å². The Bertz CT molecular complexity index is 617. The highest BCUT2D eigenvalue weighted by Crippen LogP contribution is 2.33. The van der Waals surface area contributed by atoms with Crippen LogP contribution in [0.15, 0.2) is 30.3 Å². The summed E-state index contributed by atoms with van der Waals surface area (Å²) in [5.41, 5.74) is 0.794. The molecule has 142 valence electrons. The van der Waals surface area contributed by atoms with E-state index in [0.717, 1.165) is 18.4 Å². The minimum absolute atomic E-state index is 0.0406. The van der Waals surface area contributed by atoms with Gasteiger partial charge in [0.25, 0.3) is 0 Å². The van der Waals surface area contributed by atoms with E-state index in [1.54, 1.807) is 12.1 Å². The smallest absolute Gasteiger partial charge is 0.408 e. The molecule has 1 fully saturated rings. The molecule has 0 radical (unpaired) electrons. The molecule has 2 rings (SSSR count). The lowest BCUT2D eigenvalue weighted by Crippen LogP contribution is -2.53. The number of alkyl carbamates (subject to hydrolysis) is 1. The number of rotatable bonds is 9. The van der Waals surface area contributed by atoms with Crippen LogP contribution in [0, 0.1) is 5.92 Å². The molecule has 1 aromatic carbocycles. The maximum atomic E-state index is 12.3. The molecular formula is C18H24N2O6. The number of amides is 2. The Labute approximate surface area is 151 Å². The Kier molecular flexibility index (Phi) is 7.40. The van der Waals surface area contributed by atoms with Crippen molar-refractivity contribution in [1.82, 2.24) is 10.6 Å². The second kappa shape index (κ2) is 9.76. The van der Waals surface area contributed by atoms with Gasteiger partial charge >= 0.3 is 12.1 Å². The highest BCUT2D eigenvalue weighted by Gasteiger charge is 2.32. The first kappa shape index (κ1) is 19.7. The number of ether oxygens (including phenoxy) is 2. The van der Waals surface area contributed by atoms with E-state index in [4.69, 9.17) is 9.47 Å². The van der Waals surface area contributed by atoms with Gasteiger partial charge in [-0.15, -0.1) is 0 Å². The number of hydrogen-bond donors (Lipinski definition) is 3. The quantitative estimate of drug-likeness (QED) is 0.557. The molecule has 0 heterocycles. The molecule has 0 bridgehead atoms. The largest absolute Gasteiger partial charge is 0.467 e. The molecule has 0 spiro atoms. The Balaban J connectivity index is 1.83. The summed E-state index contributed by atoms with van der Waals surface area (Å²) in [7, 11) is 1.25. The number of benzene rings is 1. The van der Waals surface area contributed by atoms with Crippen molar-refractivity contribution in [3.63, 3.8) is 0 Å². The molecule has 8 nitrogen and oxygen atoms in total. The molecule has 0 aliphatic heterocycles. The first-order valence-electron chi connectivity index (χ1n) is 8.49. The van der Waals surface area contributed by atoms with Gasteiger partial charge in [-0.05, 0) is 17.9 Å². The minimum Gasteiger partial charge on any atom is -0.467 e. The van der Waals surface area contributed by atoms with Gasteiger partial charge in [0.15, 0.2) is 0 Å². The first-order chi connectivity index (χ1) is 12.5. The van der Waals surface area contributed by atoms with Crippen molar-refractivity contribution in [3.05, 3.63) is 35.9 Å². The van der Waals surface area contributed by atoms with Gasteiger partial charge in [-0.2, -0.15) is 0 Å². The van der Waals surface area contributed by atoms with Crippen LogP contribution in [0.1, 0.15) is 24.8 Å². The van der Waals surface area contributed by atoms with E-state index in [1.165, 1.54) is 7.11 Å². The Morgan fingerprint density at radius 1 is 1.15 bits per heavy atom. The summed E-state index contributed by atoms with van der Waals surface area (Å²) in [5, 5.41) is 14.2. The molecule has 1 aliphatic carbocycles. The molecule has 0 aromatic heterocycles. The third-order valence-electron chi connectivity index (χ3n) is 4.07. The van der Waals surface area contributed by atoms with Crippen molar-refractivity contribution in [2.75, 3.05) is 13.7 Å². The third kappa shape index (κ3) is 6.36. The fourth-order valence-electron chi connectivity index (χ4n) is 2.42. The van der Waals surface area contributed by atoms with Crippen LogP contribution < -0.4 is 10.6 Å². The monoisotopic (exact) mass is 364 g/mol. The summed E-state index contributed by atoms with van der Waals surface area (Å²) >= 11 is 0. The van der Waals surface area contributed by atoms with Gasteiger partial charge in [0.1, 0.15) is 18.7 Å². The number of nitrogens with one attached hydrogen (secondary N) is 2. The summed E-state index contributed by atoms with van der Waals surface area (Å²) in [5.74, 6) is -0.829. The topological polar surface area (TPSA) is 114 Å². The second-order valence-electron chi connectivity index (χ2n) is 6.20. The molecule has 26 heavy (non-hydrogen) atoms. The van der Waals surface area contributed by atoms with E-state index >= 15 is 0 Å². The highest BCUT2D eigenvalue weighted by atomic mass is 16.5. The van der Waals surface area contributed by atoms with Crippen LogP contribution in [0.2, 0.25) is 0 Å². The van der Waals surface area contributed by atoms with E-state index in [9.17, 15) is 19.5 Å². The van der Waals surface area contributed by atoms with E-state index < -0.39 is 36.7 Å². The molecular weight excluding hydrogens is 340 g/mol. The fourth-order valence-corrected chi connectivity index (χ4v) is 2.42. The second-order valence-corrected chi connectivity index (χ2v) is 6.20. The lowest BCUT2D eigenvalue weighted by atomic mass is 10.1. The molecule has 8 heteroatoms. The number of carbonyl (C=O) groups is 3. The lowest BCUT2D eigenvalue weighted by Gasteiger charge is -2.20. The Morgan fingerprint density at radius 2 is 1.85 bits per heavy atom. The average molecular weight is 364 g/mol. The van der Waals surface area contributed by atoms with E-state index in [1.807, 2.05) is 18.2 Å². The SMILES string of the molecule is COC(=O)[C@H](CC1CC1)NC(=O)[C@H](CO)NC(=O)OCc1ccccc1. The van der Waals surface area contributed by atoms with Crippen molar-refractivity contribution in [2.45, 2.75) is 38.0 Å². The highest BCUT2D eigenvalue weighted by molar-refractivity contribution is 5.89. The molecule has 2 atom stereocenters. The van der Waals surface area contributed by atoms with Crippen LogP contribution in [-0.4, -0.2) is 48.9 Å². The standard InChI is InChI=1S/C18H24N2O6/c1-25-17(23)14(9-12-7-8-12)19-16(22)15(10-21)20-18(24)26-11-13-5-3-2-4-6-13/h2-6,12,14-15,21H,7-11H2,1H3,(H,19,22)(H,20,24)/t14-,15-/m0/s1. The summed E-state index contributed by atoms with van der Waals surface area (Å²) in [6.45, 7) is -0.581. The van der Waals surface area contributed by atoms with Crippen molar-refractivity contribution in [2.24, 2.45) is 5.92 Å². The molecule has 2 amide bonds. The van der Waals surface area contributed by atoms with Crippen LogP contribution >= 0.6 is 0 Å². The van der Waals surface area contributed by atoms with Gasteiger partial charge in [-0.3, -0.25) is 4.79 Å². The van der Waals surface area contributed by atoms with Crippen LogP contribution in [0.4, 0.5) is 4.79 Å². The normalized spacial score (nSPS) is 15.5. The summed E-state index contributed by atoms with van der Waals surface area (Å²) in [6.07, 6.45) is 1.67. The summed E-state index contributed by atoms with van der Waals surface area (Å²) < 4.78 is 9.72. The molecule has 0 unspecified atom stereocenters. The predicted octanol–water partition coefficient (Wildman–Crippen LogP) is 0.732. The third-order valence-corrected chi connectivity index (χ3v) is 4.07. The molecule has 0 saturated heterocycles. The van der Waals surface area contributed by atoms with Gasteiger partial charge in [-0.1, -0.05) is 43.2 Å². The molecule has 3 N–H and O–H groups in total. The Morgan fingerprint density at radius 3 is 2.42 bits per heavy atom. The molecule has 1 aromatic rings. The summed E-state index contributed by atoms with van der Waals surface area (Å²) in [4.78, 5) is 35.9. The van der Waals surface area contributed by atoms with Gasteiger partial charge < -0.3 is 25.2 Å². The van der Waals surface area contributed by atoms with Gasteiger partial charge in [-0.25, -0.2) is 9.59 Å². The van der Waals surface area contributed by atoms with Crippen LogP contribution in [0.25, 0.3) is 0 Å². The number of methoxy groups -OCH3 is 1. The average Bonchev–Trinajstić information content (AvgIpc) is 3.48. The van der Waals surface area contributed by atoms with Gasteiger partial charge in [0.05, 0.1) is 13.7 Å². The van der Waals surface area contributed by atoms with E-state index in [0.29, 0.717) is 12.3 Å². The number of hydrogen-bond acceptors (Lipinski definition) is 6. The maximum Gasteiger partial charge on any atom is 0.408 e. The zero-order valence-corrected chi connectivity index (χ0v) is 14.6. The van der Waals surface area contributed by atoms with Gasteiger partial charge in [0, 0.05) is 0 Å². The number of esters is 1.